The van der Waals surface area contributed by atoms with E-state index < -0.39 is 0 Å². The molecule has 4 N–H and O–H groups in total. The third-order valence-electron chi connectivity index (χ3n) is 1.86. The van der Waals surface area contributed by atoms with Crippen molar-refractivity contribution in [1.82, 2.24) is 0 Å². The lowest BCUT2D eigenvalue weighted by Crippen LogP contribution is -2.09. The Kier molecular flexibility index (Phi) is 4.60. The van der Waals surface area contributed by atoms with E-state index in [-0.39, 0.29) is 5.91 Å². The molecule has 0 fully saturated rings. The highest BCUT2D eigenvalue weighted by Gasteiger charge is 1.93. The number of para-hydroxylation sites is 1. The van der Waals surface area contributed by atoms with Crippen LogP contribution in [0.25, 0.3) is 0 Å². The molecule has 0 saturated carbocycles. The lowest BCUT2D eigenvalue weighted by molar-refractivity contribution is 0.100. The van der Waals surface area contributed by atoms with Gasteiger partial charge in [-0.15, -0.1) is 0 Å². The highest BCUT2D eigenvalue weighted by molar-refractivity contribution is 5.92. The molecule has 0 atom stereocenters. The molecule has 0 aliphatic heterocycles. The summed E-state index contributed by atoms with van der Waals surface area (Å²) in [5, 5.41) is 0. The van der Waals surface area contributed by atoms with Gasteiger partial charge in [-0.2, -0.15) is 0 Å². The number of rotatable bonds is 1. The Bertz CT molecular complexity index is 426. The number of carbonyl (C=O) groups is 1. The van der Waals surface area contributed by atoms with Crippen molar-refractivity contribution in [3.8, 4) is 0 Å². The number of carbonyl (C=O) groups excluding carboxylic acids is 1. The van der Waals surface area contributed by atoms with Crippen molar-refractivity contribution in [2.75, 3.05) is 5.73 Å². The van der Waals surface area contributed by atoms with Crippen LogP contribution in [0.2, 0.25) is 0 Å². The van der Waals surface area contributed by atoms with Gasteiger partial charge in [0.05, 0.1) is 0 Å². The average Bonchev–Trinajstić information content (AvgIpc) is 2.32. The molecule has 0 aliphatic carbocycles. The molecule has 2 rings (SSSR count). The topological polar surface area (TPSA) is 69.1 Å². The van der Waals surface area contributed by atoms with Crippen molar-refractivity contribution < 1.29 is 4.79 Å². The SMILES string of the molecule is NC(=O)c1ccccc1.Nc1ccccc1. The number of primary amides is 1. The third-order valence-corrected chi connectivity index (χ3v) is 1.86. The second kappa shape index (κ2) is 6.24. The lowest BCUT2D eigenvalue weighted by Gasteiger charge is -1.89. The molecule has 16 heavy (non-hydrogen) atoms. The number of anilines is 1. The first-order valence-electron chi connectivity index (χ1n) is 4.85. The van der Waals surface area contributed by atoms with E-state index in [1.807, 2.05) is 36.4 Å². The van der Waals surface area contributed by atoms with Crippen LogP contribution in [0, 0.1) is 0 Å². The van der Waals surface area contributed by atoms with Crippen molar-refractivity contribution >= 4 is 11.6 Å². The Labute approximate surface area is 94.7 Å². The molecule has 0 spiro atoms. The molecule has 0 aromatic heterocycles. The van der Waals surface area contributed by atoms with Gasteiger partial charge < -0.3 is 11.5 Å². The van der Waals surface area contributed by atoms with Gasteiger partial charge in [-0.05, 0) is 24.3 Å². The van der Waals surface area contributed by atoms with E-state index in [4.69, 9.17) is 11.5 Å². The summed E-state index contributed by atoms with van der Waals surface area (Å²) in [7, 11) is 0. The molecule has 3 heteroatoms. The van der Waals surface area contributed by atoms with Gasteiger partial charge in [-0.3, -0.25) is 4.79 Å². The van der Waals surface area contributed by atoms with Gasteiger partial charge in [0, 0.05) is 11.3 Å². The molecule has 82 valence electrons. The van der Waals surface area contributed by atoms with Gasteiger partial charge in [-0.25, -0.2) is 0 Å². The van der Waals surface area contributed by atoms with Crippen molar-refractivity contribution in [2.24, 2.45) is 5.73 Å². The second-order valence-corrected chi connectivity index (χ2v) is 3.14. The zero-order chi connectivity index (χ0) is 11.8. The van der Waals surface area contributed by atoms with Crippen LogP contribution in [0.4, 0.5) is 5.69 Å². The molecular weight excluding hydrogens is 200 g/mol. The first-order valence-corrected chi connectivity index (χ1v) is 4.85. The molecule has 0 heterocycles. The zero-order valence-corrected chi connectivity index (χ0v) is 8.84. The minimum Gasteiger partial charge on any atom is -0.399 e. The monoisotopic (exact) mass is 214 g/mol. The predicted octanol–water partition coefficient (Wildman–Crippen LogP) is 2.05. The molecular formula is C13H14N2O. The fourth-order valence-electron chi connectivity index (χ4n) is 1.06. The zero-order valence-electron chi connectivity index (χ0n) is 8.84. The maximum absolute atomic E-state index is 10.4. The Morgan fingerprint density at radius 2 is 1.25 bits per heavy atom. The number of hydrogen-bond donors (Lipinski definition) is 2. The first-order chi connectivity index (χ1) is 7.70. The standard InChI is InChI=1S/C7H7NO.C6H7N/c8-7(9)6-4-2-1-3-5-6;7-6-4-2-1-3-5-6/h1-5H,(H2,8,9);1-5H,7H2. The van der Waals surface area contributed by atoms with Crippen LogP contribution in [0.15, 0.2) is 60.7 Å². The number of amides is 1. The molecule has 0 bridgehead atoms. The highest BCUT2D eigenvalue weighted by atomic mass is 16.1. The molecule has 0 saturated heterocycles. The van der Waals surface area contributed by atoms with Crippen LogP contribution in [-0.4, -0.2) is 5.91 Å². The molecule has 3 nitrogen and oxygen atoms in total. The van der Waals surface area contributed by atoms with Gasteiger partial charge in [-0.1, -0.05) is 36.4 Å². The van der Waals surface area contributed by atoms with Crippen molar-refractivity contribution in [3.63, 3.8) is 0 Å². The smallest absolute Gasteiger partial charge is 0.248 e. The summed E-state index contributed by atoms with van der Waals surface area (Å²) in [6, 6.07) is 18.2. The largest absolute Gasteiger partial charge is 0.399 e. The summed E-state index contributed by atoms with van der Waals surface area (Å²) >= 11 is 0. The minimum atomic E-state index is -0.379. The summed E-state index contributed by atoms with van der Waals surface area (Å²) in [5.41, 5.74) is 11.7. The summed E-state index contributed by atoms with van der Waals surface area (Å²) in [4.78, 5) is 10.4. The van der Waals surface area contributed by atoms with E-state index in [1.54, 1.807) is 24.3 Å². The van der Waals surface area contributed by atoms with Crippen LogP contribution in [0.3, 0.4) is 0 Å². The van der Waals surface area contributed by atoms with Crippen LogP contribution in [0.5, 0.6) is 0 Å². The van der Waals surface area contributed by atoms with Crippen LogP contribution < -0.4 is 11.5 Å². The highest BCUT2D eigenvalue weighted by Crippen LogP contribution is 1.96. The summed E-state index contributed by atoms with van der Waals surface area (Å²) < 4.78 is 0. The second-order valence-electron chi connectivity index (χ2n) is 3.14. The fourth-order valence-corrected chi connectivity index (χ4v) is 1.06. The molecule has 0 aliphatic rings. The molecule has 0 radical (unpaired) electrons. The predicted molar refractivity (Wildman–Crippen MR) is 65.8 cm³/mol. The fraction of sp³-hybridized carbons (Fsp3) is 0. The maximum Gasteiger partial charge on any atom is 0.248 e. The first kappa shape index (κ1) is 11.8. The lowest BCUT2D eigenvalue weighted by atomic mass is 10.2. The molecule has 1 amide bonds. The van der Waals surface area contributed by atoms with E-state index in [9.17, 15) is 4.79 Å². The summed E-state index contributed by atoms with van der Waals surface area (Å²) in [6.45, 7) is 0. The van der Waals surface area contributed by atoms with Gasteiger partial charge in [0.15, 0.2) is 0 Å². The minimum absolute atomic E-state index is 0.379. The molecule has 2 aromatic carbocycles. The van der Waals surface area contributed by atoms with Crippen LogP contribution >= 0.6 is 0 Å². The van der Waals surface area contributed by atoms with E-state index in [2.05, 4.69) is 0 Å². The summed E-state index contributed by atoms with van der Waals surface area (Å²) in [6.07, 6.45) is 0. The Balaban J connectivity index is 0.000000165. The van der Waals surface area contributed by atoms with E-state index in [0.717, 1.165) is 5.69 Å². The maximum atomic E-state index is 10.4. The molecule has 2 aromatic rings. The van der Waals surface area contributed by atoms with Gasteiger partial charge in [0.1, 0.15) is 0 Å². The van der Waals surface area contributed by atoms with E-state index in [1.165, 1.54) is 0 Å². The van der Waals surface area contributed by atoms with Gasteiger partial charge in [0.25, 0.3) is 0 Å². The van der Waals surface area contributed by atoms with Gasteiger partial charge in [0.2, 0.25) is 5.91 Å². The normalized spacial score (nSPS) is 8.75. The van der Waals surface area contributed by atoms with Gasteiger partial charge >= 0.3 is 0 Å². The quantitative estimate of drug-likeness (QED) is 0.713. The molecule has 0 unspecified atom stereocenters. The van der Waals surface area contributed by atoms with E-state index in [0.29, 0.717) is 5.56 Å². The Hall–Kier alpha value is -2.29. The summed E-state index contributed by atoms with van der Waals surface area (Å²) in [5.74, 6) is -0.379. The van der Waals surface area contributed by atoms with Crippen molar-refractivity contribution in [1.29, 1.82) is 0 Å². The van der Waals surface area contributed by atoms with Crippen LogP contribution in [0.1, 0.15) is 10.4 Å². The number of benzene rings is 2. The van der Waals surface area contributed by atoms with Crippen molar-refractivity contribution in [3.05, 3.63) is 66.2 Å². The third kappa shape index (κ3) is 4.28. The number of nitrogen functional groups attached to an aromatic ring is 1. The van der Waals surface area contributed by atoms with Crippen molar-refractivity contribution in [2.45, 2.75) is 0 Å². The average molecular weight is 214 g/mol. The van der Waals surface area contributed by atoms with E-state index >= 15 is 0 Å². The van der Waals surface area contributed by atoms with Crippen LogP contribution in [-0.2, 0) is 0 Å². The number of nitrogens with two attached hydrogens (primary N) is 2. The Morgan fingerprint density at radius 3 is 1.50 bits per heavy atom. The number of hydrogen-bond acceptors (Lipinski definition) is 2. The Morgan fingerprint density at radius 1 is 0.812 bits per heavy atom.